The number of amides is 1. The van der Waals surface area contributed by atoms with E-state index in [0.29, 0.717) is 6.29 Å². The van der Waals surface area contributed by atoms with Gasteiger partial charge in [-0.15, -0.1) is 0 Å². The van der Waals surface area contributed by atoms with Crippen LogP contribution in [-0.4, -0.2) is 45.9 Å². The Morgan fingerprint density at radius 2 is 1.70 bits per heavy atom. The van der Waals surface area contributed by atoms with Gasteiger partial charge in [0.2, 0.25) is 0 Å². The highest BCUT2D eigenvalue weighted by Crippen LogP contribution is 2.40. The van der Waals surface area contributed by atoms with E-state index in [-0.39, 0.29) is 12.8 Å². The van der Waals surface area contributed by atoms with E-state index in [2.05, 4.69) is 5.32 Å². The zero-order chi connectivity index (χ0) is 15.8. The minimum atomic E-state index is -1.29. The summed E-state index contributed by atoms with van der Waals surface area (Å²) in [6.07, 6.45) is -1.85. The van der Waals surface area contributed by atoms with Gasteiger partial charge in [-0.25, -0.2) is 4.79 Å². The Morgan fingerprint density at radius 3 is 2.05 bits per heavy atom. The highest BCUT2D eigenvalue weighted by Gasteiger charge is 2.50. The predicted octanol–water partition coefficient (Wildman–Crippen LogP) is 0.991. The van der Waals surface area contributed by atoms with E-state index in [1.165, 1.54) is 0 Å². The molecule has 0 aromatic heterocycles. The topological polar surface area (TPSA) is 95.9 Å². The molecule has 1 aliphatic rings. The molecule has 20 heavy (non-hydrogen) atoms. The average molecular weight is 287 g/mol. The van der Waals surface area contributed by atoms with Crippen LogP contribution < -0.4 is 5.32 Å². The molecule has 0 heterocycles. The number of hydrogen-bond donors (Lipinski definition) is 3. The van der Waals surface area contributed by atoms with Gasteiger partial charge in [-0.05, 0) is 20.8 Å². The standard InChI is InChI=1S/C14H25NO5/c1-12(2,3)20-11(19)15-14(8-16)6-9(17)13(4,5)10(18)7-14/h8-10,17-18H,6-7H2,1-5H3,(H,15,19). The van der Waals surface area contributed by atoms with Crippen LogP contribution in [0.4, 0.5) is 4.79 Å². The molecule has 0 spiro atoms. The van der Waals surface area contributed by atoms with E-state index in [1.54, 1.807) is 34.6 Å². The zero-order valence-corrected chi connectivity index (χ0v) is 12.8. The summed E-state index contributed by atoms with van der Waals surface area (Å²) in [5.74, 6) is 0. The van der Waals surface area contributed by atoms with Crippen LogP contribution in [0, 0.1) is 5.41 Å². The number of carbonyl (C=O) groups excluding carboxylic acids is 2. The summed E-state index contributed by atoms with van der Waals surface area (Å²) in [6.45, 7) is 8.60. The van der Waals surface area contributed by atoms with Gasteiger partial charge in [-0.2, -0.15) is 0 Å². The minimum absolute atomic E-state index is 0.0554. The molecule has 1 amide bonds. The molecule has 1 saturated carbocycles. The SMILES string of the molecule is CC(C)(C)OC(=O)NC1(C=O)CC(O)C(C)(C)C(O)C1. The predicted molar refractivity (Wildman–Crippen MR) is 73.2 cm³/mol. The first kappa shape index (κ1) is 16.9. The first-order chi connectivity index (χ1) is 8.92. The Balaban J connectivity index is 2.85. The molecule has 0 aromatic rings. The minimum Gasteiger partial charge on any atom is -0.444 e. The molecular formula is C14H25NO5. The number of aliphatic hydroxyl groups excluding tert-OH is 2. The maximum absolute atomic E-state index is 11.8. The van der Waals surface area contributed by atoms with E-state index in [1.807, 2.05) is 0 Å². The number of alkyl carbamates (subject to hydrolysis) is 1. The molecule has 0 aliphatic heterocycles. The molecule has 1 aliphatic carbocycles. The molecular weight excluding hydrogens is 262 g/mol. The maximum Gasteiger partial charge on any atom is 0.408 e. The first-order valence-corrected chi connectivity index (χ1v) is 6.75. The molecule has 2 unspecified atom stereocenters. The summed E-state index contributed by atoms with van der Waals surface area (Å²) in [4.78, 5) is 23.2. The summed E-state index contributed by atoms with van der Waals surface area (Å²) < 4.78 is 5.12. The van der Waals surface area contributed by atoms with Crippen LogP contribution in [0.3, 0.4) is 0 Å². The fourth-order valence-corrected chi connectivity index (χ4v) is 2.26. The Bertz CT molecular complexity index is 372. The third-order valence-electron chi connectivity index (χ3n) is 3.81. The lowest BCUT2D eigenvalue weighted by atomic mass is 9.66. The van der Waals surface area contributed by atoms with E-state index in [9.17, 15) is 19.8 Å². The number of ether oxygens (including phenoxy) is 1. The summed E-state index contributed by atoms with van der Waals surface area (Å²) in [5, 5.41) is 22.7. The van der Waals surface area contributed by atoms with Crippen molar-refractivity contribution in [1.82, 2.24) is 5.32 Å². The molecule has 3 N–H and O–H groups in total. The van der Waals surface area contributed by atoms with Gasteiger partial charge in [-0.3, -0.25) is 0 Å². The first-order valence-electron chi connectivity index (χ1n) is 6.75. The van der Waals surface area contributed by atoms with Crippen molar-refractivity contribution in [3.05, 3.63) is 0 Å². The molecule has 1 fully saturated rings. The molecule has 0 aromatic carbocycles. The normalized spacial score (nSPS) is 33.4. The molecule has 116 valence electrons. The number of carbonyl (C=O) groups is 2. The molecule has 6 heteroatoms. The second-order valence-electron chi connectivity index (χ2n) is 7.16. The van der Waals surface area contributed by atoms with Crippen LogP contribution >= 0.6 is 0 Å². The van der Waals surface area contributed by atoms with Crippen molar-refractivity contribution >= 4 is 12.4 Å². The number of nitrogens with one attached hydrogen (secondary N) is 1. The lowest BCUT2D eigenvalue weighted by molar-refractivity contribution is -0.133. The molecule has 0 bridgehead atoms. The highest BCUT2D eigenvalue weighted by molar-refractivity contribution is 5.77. The number of aliphatic hydroxyl groups is 2. The Kier molecular flexibility index (Phi) is 4.51. The molecule has 0 radical (unpaired) electrons. The largest absolute Gasteiger partial charge is 0.444 e. The Hall–Kier alpha value is -1.14. The van der Waals surface area contributed by atoms with Gasteiger partial charge in [0.15, 0.2) is 0 Å². The zero-order valence-electron chi connectivity index (χ0n) is 12.8. The Morgan fingerprint density at radius 1 is 1.25 bits per heavy atom. The number of aldehydes is 1. The lowest BCUT2D eigenvalue weighted by Gasteiger charge is -2.47. The third-order valence-corrected chi connectivity index (χ3v) is 3.81. The van der Waals surface area contributed by atoms with Crippen molar-refractivity contribution in [2.24, 2.45) is 5.41 Å². The highest BCUT2D eigenvalue weighted by atomic mass is 16.6. The average Bonchev–Trinajstić information content (AvgIpc) is 2.23. The smallest absolute Gasteiger partial charge is 0.408 e. The van der Waals surface area contributed by atoms with Crippen LogP contribution in [0.25, 0.3) is 0 Å². The summed E-state index contributed by atoms with van der Waals surface area (Å²) in [6, 6.07) is 0. The molecule has 2 atom stereocenters. The van der Waals surface area contributed by atoms with Gasteiger partial charge in [0, 0.05) is 18.3 Å². The van der Waals surface area contributed by atoms with E-state index in [0.717, 1.165) is 0 Å². The molecule has 6 nitrogen and oxygen atoms in total. The van der Waals surface area contributed by atoms with E-state index >= 15 is 0 Å². The fraction of sp³-hybridized carbons (Fsp3) is 0.857. The summed E-state index contributed by atoms with van der Waals surface area (Å²) >= 11 is 0. The van der Waals surface area contributed by atoms with Crippen molar-refractivity contribution in [3.8, 4) is 0 Å². The Labute approximate surface area is 119 Å². The monoisotopic (exact) mass is 287 g/mol. The van der Waals surface area contributed by atoms with Gasteiger partial charge >= 0.3 is 6.09 Å². The van der Waals surface area contributed by atoms with Crippen LogP contribution in [0.5, 0.6) is 0 Å². The fourth-order valence-electron chi connectivity index (χ4n) is 2.26. The van der Waals surface area contributed by atoms with Crippen molar-refractivity contribution in [2.45, 2.75) is 70.8 Å². The third kappa shape index (κ3) is 3.70. The van der Waals surface area contributed by atoms with Gasteiger partial charge in [0.1, 0.15) is 17.4 Å². The van der Waals surface area contributed by atoms with E-state index in [4.69, 9.17) is 4.74 Å². The second-order valence-corrected chi connectivity index (χ2v) is 7.16. The summed E-state index contributed by atoms with van der Waals surface area (Å²) in [7, 11) is 0. The number of hydrogen-bond acceptors (Lipinski definition) is 5. The van der Waals surface area contributed by atoms with E-state index < -0.39 is 34.9 Å². The van der Waals surface area contributed by atoms with Crippen molar-refractivity contribution in [3.63, 3.8) is 0 Å². The molecule has 0 saturated heterocycles. The van der Waals surface area contributed by atoms with Gasteiger partial charge in [0.05, 0.1) is 12.2 Å². The molecule has 1 rings (SSSR count). The van der Waals surface area contributed by atoms with Crippen LogP contribution in [0.2, 0.25) is 0 Å². The van der Waals surface area contributed by atoms with Gasteiger partial charge in [0.25, 0.3) is 0 Å². The quantitative estimate of drug-likeness (QED) is 0.658. The van der Waals surface area contributed by atoms with Crippen molar-refractivity contribution in [2.75, 3.05) is 0 Å². The summed E-state index contributed by atoms with van der Waals surface area (Å²) in [5.41, 5.74) is -2.70. The van der Waals surface area contributed by atoms with Crippen molar-refractivity contribution < 1.29 is 24.5 Å². The lowest BCUT2D eigenvalue weighted by Crippen LogP contribution is -2.62. The van der Waals surface area contributed by atoms with Crippen molar-refractivity contribution in [1.29, 1.82) is 0 Å². The van der Waals surface area contributed by atoms with Crippen LogP contribution in [0.1, 0.15) is 47.5 Å². The van der Waals surface area contributed by atoms with Gasteiger partial charge in [-0.1, -0.05) is 13.8 Å². The second kappa shape index (κ2) is 5.33. The van der Waals surface area contributed by atoms with Gasteiger partial charge < -0.3 is 25.1 Å². The maximum atomic E-state index is 11.8. The number of rotatable bonds is 2. The van der Waals surface area contributed by atoms with Crippen LogP contribution in [-0.2, 0) is 9.53 Å². The van der Waals surface area contributed by atoms with Crippen LogP contribution in [0.15, 0.2) is 0 Å².